The van der Waals surface area contributed by atoms with Crippen LogP contribution in [0.5, 0.6) is 5.75 Å². The van der Waals surface area contributed by atoms with Crippen molar-refractivity contribution in [1.29, 1.82) is 0 Å². The van der Waals surface area contributed by atoms with E-state index >= 15 is 0 Å². The maximum atomic E-state index is 12.2. The van der Waals surface area contributed by atoms with E-state index in [1.807, 2.05) is 19.2 Å². The van der Waals surface area contributed by atoms with Crippen molar-refractivity contribution in [2.24, 2.45) is 7.05 Å². The van der Waals surface area contributed by atoms with Gasteiger partial charge in [0.05, 0.1) is 17.3 Å². The molecule has 1 N–H and O–H groups in total. The summed E-state index contributed by atoms with van der Waals surface area (Å²) in [5.74, 6) is 0.724. The van der Waals surface area contributed by atoms with Gasteiger partial charge in [-0.2, -0.15) is 5.10 Å². The van der Waals surface area contributed by atoms with Crippen LogP contribution in [-0.2, 0) is 7.05 Å². The maximum absolute atomic E-state index is 12.2. The molecule has 0 unspecified atom stereocenters. The number of fused-ring (bicyclic) bond motifs is 1. The molecule has 3 heterocycles. The van der Waals surface area contributed by atoms with E-state index in [0.717, 1.165) is 47.0 Å². The number of aryl methyl sites for hydroxylation is 1. The molecule has 1 aliphatic rings. The van der Waals surface area contributed by atoms with Crippen molar-refractivity contribution in [3.05, 3.63) is 36.2 Å². The standard InChI is InChI=1S/C18H21N5O2S/c1-22-8-7-14(21-22)17(24)19-12-5-9-23(10-6-12)18-20-15-11-13(25-2)3-4-16(15)26-18/h3-4,7-8,11-12H,5-6,9-10H2,1-2H3,(H,19,24). The number of amides is 1. The van der Waals surface area contributed by atoms with Gasteiger partial charge in [-0.15, -0.1) is 0 Å². The van der Waals surface area contributed by atoms with Crippen LogP contribution >= 0.6 is 11.3 Å². The summed E-state index contributed by atoms with van der Waals surface area (Å²) in [5, 5.41) is 8.27. The molecule has 0 radical (unpaired) electrons. The average molecular weight is 371 g/mol. The molecule has 0 aliphatic carbocycles. The summed E-state index contributed by atoms with van der Waals surface area (Å²) in [5.41, 5.74) is 1.44. The molecule has 2 aromatic heterocycles. The van der Waals surface area contributed by atoms with Crippen molar-refractivity contribution < 1.29 is 9.53 Å². The van der Waals surface area contributed by atoms with Crippen LogP contribution in [-0.4, -0.2) is 46.9 Å². The van der Waals surface area contributed by atoms with Crippen LogP contribution in [0.3, 0.4) is 0 Å². The molecule has 7 nitrogen and oxygen atoms in total. The highest BCUT2D eigenvalue weighted by atomic mass is 32.1. The van der Waals surface area contributed by atoms with Crippen LogP contribution in [0, 0.1) is 0 Å². The first-order valence-corrected chi connectivity index (χ1v) is 9.44. The number of hydrogen-bond acceptors (Lipinski definition) is 6. The summed E-state index contributed by atoms with van der Waals surface area (Å²) in [7, 11) is 3.47. The molecule has 0 bridgehead atoms. The summed E-state index contributed by atoms with van der Waals surface area (Å²) in [4.78, 5) is 19.3. The van der Waals surface area contributed by atoms with E-state index < -0.39 is 0 Å². The fraction of sp³-hybridized carbons (Fsp3) is 0.389. The lowest BCUT2D eigenvalue weighted by Crippen LogP contribution is -2.44. The second-order valence-corrected chi connectivity index (χ2v) is 7.45. The highest BCUT2D eigenvalue weighted by Crippen LogP contribution is 2.32. The Labute approximate surface area is 155 Å². The molecule has 136 valence electrons. The lowest BCUT2D eigenvalue weighted by molar-refractivity contribution is 0.0925. The molecular formula is C18H21N5O2S. The van der Waals surface area contributed by atoms with Crippen molar-refractivity contribution in [3.8, 4) is 5.75 Å². The van der Waals surface area contributed by atoms with Gasteiger partial charge in [-0.05, 0) is 31.0 Å². The van der Waals surface area contributed by atoms with Gasteiger partial charge >= 0.3 is 0 Å². The van der Waals surface area contributed by atoms with E-state index in [-0.39, 0.29) is 11.9 Å². The molecule has 4 rings (SSSR count). The first kappa shape index (κ1) is 16.8. The Hall–Kier alpha value is -2.61. The zero-order valence-electron chi connectivity index (χ0n) is 14.8. The van der Waals surface area contributed by atoms with Crippen molar-refractivity contribution in [2.75, 3.05) is 25.1 Å². The van der Waals surface area contributed by atoms with Crippen molar-refractivity contribution in [2.45, 2.75) is 18.9 Å². The van der Waals surface area contributed by atoms with Gasteiger partial charge < -0.3 is 15.0 Å². The molecule has 8 heteroatoms. The third kappa shape index (κ3) is 3.37. The predicted octanol–water partition coefficient (Wildman–Crippen LogP) is 2.44. The summed E-state index contributed by atoms with van der Waals surface area (Å²) >= 11 is 1.70. The SMILES string of the molecule is COc1ccc2sc(N3CCC(NC(=O)c4ccn(C)n4)CC3)nc2c1. The number of methoxy groups -OCH3 is 1. The number of rotatable bonds is 4. The topological polar surface area (TPSA) is 72.3 Å². The van der Waals surface area contributed by atoms with E-state index in [0.29, 0.717) is 5.69 Å². The van der Waals surface area contributed by atoms with Gasteiger partial charge in [0, 0.05) is 38.4 Å². The van der Waals surface area contributed by atoms with E-state index in [4.69, 9.17) is 9.72 Å². The molecule has 1 aliphatic heterocycles. The number of anilines is 1. The van der Waals surface area contributed by atoms with Crippen molar-refractivity contribution in [1.82, 2.24) is 20.1 Å². The monoisotopic (exact) mass is 371 g/mol. The number of nitrogens with zero attached hydrogens (tertiary/aromatic N) is 4. The van der Waals surface area contributed by atoms with E-state index in [1.165, 1.54) is 0 Å². The third-order valence-corrected chi connectivity index (χ3v) is 5.73. The summed E-state index contributed by atoms with van der Waals surface area (Å²) in [6.45, 7) is 1.76. The first-order chi connectivity index (χ1) is 12.6. The zero-order chi connectivity index (χ0) is 18.1. The highest BCUT2D eigenvalue weighted by molar-refractivity contribution is 7.22. The molecule has 1 aromatic carbocycles. The first-order valence-electron chi connectivity index (χ1n) is 8.62. The van der Waals surface area contributed by atoms with Crippen LogP contribution in [0.1, 0.15) is 23.3 Å². The Morgan fingerprint density at radius 3 is 2.81 bits per heavy atom. The van der Waals surface area contributed by atoms with Crippen LogP contribution < -0.4 is 15.0 Å². The highest BCUT2D eigenvalue weighted by Gasteiger charge is 2.23. The minimum absolute atomic E-state index is 0.101. The Morgan fingerprint density at radius 2 is 2.12 bits per heavy atom. The van der Waals surface area contributed by atoms with Gasteiger partial charge in [-0.3, -0.25) is 9.48 Å². The number of aromatic nitrogens is 3. The Bertz CT molecular complexity index is 927. The predicted molar refractivity (Wildman–Crippen MR) is 102 cm³/mol. The lowest BCUT2D eigenvalue weighted by atomic mass is 10.1. The molecule has 1 amide bonds. The van der Waals surface area contributed by atoms with Gasteiger partial charge in [0.1, 0.15) is 11.4 Å². The number of carbonyl (C=O) groups excluding carboxylic acids is 1. The fourth-order valence-corrected chi connectivity index (χ4v) is 4.17. The second-order valence-electron chi connectivity index (χ2n) is 6.44. The number of hydrogen-bond donors (Lipinski definition) is 1. The van der Waals surface area contributed by atoms with E-state index in [9.17, 15) is 4.79 Å². The van der Waals surface area contributed by atoms with Gasteiger partial charge in [-0.1, -0.05) is 11.3 Å². The van der Waals surface area contributed by atoms with Crippen molar-refractivity contribution >= 4 is 32.6 Å². The zero-order valence-corrected chi connectivity index (χ0v) is 15.6. The smallest absolute Gasteiger partial charge is 0.271 e. The van der Waals surface area contributed by atoms with Gasteiger partial charge in [0.15, 0.2) is 5.13 Å². The Kier molecular flexibility index (Phi) is 4.50. The van der Waals surface area contributed by atoms with Gasteiger partial charge in [0.25, 0.3) is 5.91 Å². The number of nitrogens with one attached hydrogen (secondary N) is 1. The average Bonchev–Trinajstić information content (AvgIpc) is 3.27. The summed E-state index contributed by atoms with van der Waals surface area (Å²) < 4.78 is 8.07. The number of carbonyl (C=O) groups is 1. The molecule has 0 saturated carbocycles. The van der Waals surface area contributed by atoms with Crippen LogP contribution in [0.15, 0.2) is 30.5 Å². The molecule has 3 aromatic rings. The minimum atomic E-state index is -0.101. The van der Waals surface area contributed by atoms with Crippen LogP contribution in [0.4, 0.5) is 5.13 Å². The maximum Gasteiger partial charge on any atom is 0.271 e. The molecule has 1 saturated heterocycles. The summed E-state index contributed by atoms with van der Waals surface area (Å²) in [6.07, 6.45) is 3.58. The third-order valence-electron chi connectivity index (χ3n) is 4.63. The van der Waals surface area contributed by atoms with Crippen molar-refractivity contribution in [3.63, 3.8) is 0 Å². The van der Waals surface area contributed by atoms with Crippen LogP contribution in [0.25, 0.3) is 10.2 Å². The van der Waals surface area contributed by atoms with Gasteiger partial charge in [-0.25, -0.2) is 4.98 Å². The number of ether oxygens (including phenoxy) is 1. The second kappa shape index (κ2) is 6.95. The molecule has 0 spiro atoms. The molecular weight excluding hydrogens is 350 g/mol. The minimum Gasteiger partial charge on any atom is -0.497 e. The Balaban J connectivity index is 1.38. The summed E-state index contributed by atoms with van der Waals surface area (Å²) in [6, 6.07) is 7.89. The van der Waals surface area contributed by atoms with E-state index in [1.54, 1.807) is 35.4 Å². The molecule has 1 fully saturated rings. The number of piperidine rings is 1. The quantitative estimate of drug-likeness (QED) is 0.763. The number of benzene rings is 1. The van der Waals surface area contributed by atoms with E-state index in [2.05, 4.69) is 21.4 Å². The Morgan fingerprint density at radius 1 is 1.31 bits per heavy atom. The van der Waals surface area contributed by atoms with Gasteiger partial charge in [0.2, 0.25) is 0 Å². The largest absolute Gasteiger partial charge is 0.497 e. The normalized spacial score (nSPS) is 15.4. The number of thiazole rings is 1. The molecule has 0 atom stereocenters. The van der Waals surface area contributed by atoms with Crippen LogP contribution in [0.2, 0.25) is 0 Å². The molecule has 26 heavy (non-hydrogen) atoms. The lowest BCUT2D eigenvalue weighted by Gasteiger charge is -2.31. The fourth-order valence-electron chi connectivity index (χ4n) is 3.17.